The highest BCUT2D eigenvalue weighted by molar-refractivity contribution is 5.76. The number of carbonyl (C=O) groups is 1. The number of likely N-dealkylation sites (tertiary alicyclic amines) is 1. The second-order valence-electron chi connectivity index (χ2n) is 5.28. The van der Waals surface area contributed by atoms with Crippen LogP contribution in [0.2, 0.25) is 0 Å². The first-order valence-electron chi connectivity index (χ1n) is 7.26. The van der Waals surface area contributed by atoms with Gasteiger partial charge in [-0.2, -0.15) is 0 Å². The summed E-state index contributed by atoms with van der Waals surface area (Å²) in [6, 6.07) is 0. The number of piperidine rings is 1. The average Bonchev–Trinajstić information content (AvgIpc) is 2.37. The lowest BCUT2D eigenvalue weighted by molar-refractivity contribution is -0.135. The van der Waals surface area contributed by atoms with E-state index < -0.39 is 0 Å². The van der Waals surface area contributed by atoms with Crippen molar-refractivity contribution in [2.75, 3.05) is 26.2 Å². The average molecular weight is 256 g/mol. The lowest BCUT2D eigenvalue weighted by atomic mass is 10.0. The van der Waals surface area contributed by atoms with Crippen molar-refractivity contribution >= 4 is 5.91 Å². The Bertz CT molecular complexity index is 244. The topological polar surface area (TPSA) is 55.6 Å². The van der Waals surface area contributed by atoms with Crippen molar-refractivity contribution in [1.29, 1.82) is 0 Å². The van der Waals surface area contributed by atoms with E-state index in [1.807, 2.05) is 11.8 Å². The lowest BCUT2D eigenvalue weighted by Crippen LogP contribution is -2.43. The smallest absolute Gasteiger partial charge is 0.222 e. The summed E-state index contributed by atoms with van der Waals surface area (Å²) in [4.78, 5) is 14.1. The zero-order chi connectivity index (χ0) is 13.4. The summed E-state index contributed by atoms with van der Waals surface area (Å²) >= 11 is 0. The molecule has 2 atom stereocenters. The third kappa shape index (κ3) is 5.36. The predicted octanol–water partition coefficient (Wildman–Crippen LogP) is 1.78. The third-order valence-corrected chi connectivity index (χ3v) is 3.64. The van der Waals surface area contributed by atoms with Crippen LogP contribution in [0, 0.1) is 5.92 Å². The van der Waals surface area contributed by atoms with Gasteiger partial charge in [-0.25, -0.2) is 0 Å². The number of carbonyl (C=O) groups excluding carboxylic acids is 1. The third-order valence-electron chi connectivity index (χ3n) is 3.64. The van der Waals surface area contributed by atoms with Gasteiger partial charge in [-0.05, 0) is 45.1 Å². The molecule has 4 nitrogen and oxygen atoms in total. The standard InChI is InChI=1S/C14H28N2O2/c1-3-18-13-5-4-10-16(11-13)14(17)7-6-12(2)8-9-15/h12-13H,3-11,15H2,1-2H3. The molecule has 0 aromatic rings. The van der Waals surface area contributed by atoms with Gasteiger partial charge in [0.15, 0.2) is 0 Å². The van der Waals surface area contributed by atoms with Crippen LogP contribution in [-0.4, -0.2) is 43.2 Å². The van der Waals surface area contributed by atoms with Crippen molar-refractivity contribution < 1.29 is 9.53 Å². The van der Waals surface area contributed by atoms with Crippen molar-refractivity contribution in [1.82, 2.24) is 4.90 Å². The summed E-state index contributed by atoms with van der Waals surface area (Å²) in [6.07, 6.45) is 5.01. The Kier molecular flexibility index (Phi) is 7.28. The SMILES string of the molecule is CCOC1CCCN(C(=O)CCC(C)CCN)C1. The Morgan fingerprint density at radius 2 is 2.28 bits per heavy atom. The molecule has 1 rings (SSSR count). The highest BCUT2D eigenvalue weighted by atomic mass is 16.5. The molecule has 1 aliphatic rings. The van der Waals surface area contributed by atoms with E-state index in [1.165, 1.54) is 0 Å². The number of amides is 1. The molecular formula is C14H28N2O2. The molecule has 0 aromatic heterocycles. The summed E-state index contributed by atoms with van der Waals surface area (Å²) in [6.45, 7) is 7.30. The zero-order valence-electron chi connectivity index (χ0n) is 11.9. The Balaban J connectivity index is 2.28. The molecule has 1 saturated heterocycles. The van der Waals surface area contributed by atoms with E-state index in [0.717, 1.165) is 45.4 Å². The minimum atomic E-state index is 0.245. The highest BCUT2D eigenvalue weighted by Gasteiger charge is 2.23. The predicted molar refractivity (Wildman–Crippen MR) is 73.3 cm³/mol. The van der Waals surface area contributed by atoms with Crippen molar-refractivity contribution in [2.45, 2.75) is 52.1 Å². The molecule has 18 heavy (non-hydrogen) atoms. The van der Waals surface area contributed by atoms with Crippen molar-refractivity contribution in [3.05, 3.63) is 0 Å². The second kappa shape index (κ2) is 8.48. The summed E-state index contributed by atoms with van der Waals surface area (Å²) < 4.78 is 5.62. The van der Waals surface area contributed by atoms with E-state index in [-0.39, 0.29) is 12.0 Å². The molecule has 1 heterocycles. The van der Waals surface area contributed by atoms with E-state index >= 15 is 0 Å². The monoisotopic (exact) mass is 256 g/mol. The Labute approximate surface area is 111 Å². The molecule has 106 valence electrons. The number of ether oxygens (including phenoxy) is 1. The Hall–Kier alpha value is -0.610. The zero-order valence-corrected chi connectivity index (χ0v) is 11.9. The van der Waals surface area contributed by atoms with Gasteiger partial charge >= 0.3 is 0 Å². The van der Waals surface area contributed by atoms with Gasteiger partial charge in [-0.3, -0.25) is 4.79 Å². The first-order chi connectivity index (χ1) is 8.67. The van der Waals surface area contributed by atoms with Crippen LogP contribution in [-0.2, 0) is 9.53 Å². The number of rotatable bonds is 7. The van der Waals surface area contributed by atoms with Crippen LogP contribution in [0.1, 0.15) is 46.0 Å². The summed E-state index contributed by atoms with van der Waals surface area (Å²) in [5, 5.41) is 0. The molecule has 0 saturated carbocycles. The number of hydrogen-bond acceptors (Lipinski definition) is 3. The van der Waals surface area contributed by atoms with E-state index in [1.54, 1.807) is 0 Å². The fourth-order valence-electron chi connectivity index (χ4n) is 2.49. The van der Waals surface area contributed by atoms with Crippen LogP contribution < -0.4 is 5.73 Å². The molecule has 0 bridgehead atoms. The molecule has 0 aromatic carbocycles. The van der Waals surface area contributed by atoms with Gasteiger partial charge in [0.25, 0.3) is 0 Å². The number of hydrogen-bond donors (Lipinski definition) is 1. The molecule has 1 aliphatic heterocycles. The number of nitrogens with zero attached hydrogens (tertiary/aromatic N) is 1. The van der Waals surface area contributed by atoms with Gasteiger partial charge in [0.2, 0.25) is 5.91 Å². The summed E-state index contributed by atoms with van der Waals surface area (Å²) in [7, 11) is 0. The maximum Gasteiger partial charge on any atom is 0.222 e. The van der Waals surface area contributed by atoms with Gasteiger partial charge in [0, 0.05) is 26.1 Å². The van der Waals surface area contributed by atoms with E-state index in [4.69, 9.17) is 10.5 Å². The minimum absolute atomic E-state index is 0.245. The normalized spacial score (nSPS) is 21.9. The van der Waals surface area contributed by atoms with E-state index in [9.17, 15) is 4.79 Å². The molecule has 1 fully saturated rings. The van der Waals surface area contributed by atoms with Crippen LogP contribution in [0.25, 0.3) is 0 Å². The van der Waals surface area contributed by atoms with E-state index in [0.29, 0.717) is 18.9 Å². The second-order valence-corrected chi connectivity index (χ2v) is 5.28. The van der Waals surface area contributed by atoms with Gasteiger partial charge in [-0.1, -0.05) is 6.92 Å². The molecule has 2 unspecified atom stereocenters. The molecule has 4 heteroatoms. The van der Waals surface area contributed by atoms with Crippen LogP contribution in [0.4, 0.5) is 0 Å². The summed E-state index contributed by atoms with van der Waals surface area (Å²) in [5.74, 6) is 0.828. The molecule has 0 radical (unpaired) electrons. The fraction of sp³-hybridized carbons (Fsp3) is 0.929. The van der Waals surface area contributed by atoms with Gasteiger partial charge in [0.1, 0.15) is 0 Å². The van der Waals surface area contributed by atoms with Crippen molar-refractivity contribution in [3.8, 4) is 0 Å². The first kappa shape index (κ1) is 15.4. The van der Waals surface area contributed by atoms with Gasteiger partial charge in [-0.15, -0.1) is 0 Å². The highest BCUT2D eigenvalue weighted by Crippen LogP contribution is 2.16. The Morgan fingerprint density at radius 1 is 1.50 bits per heavy atom. The van der Waals surface area contributed by atoms with Gasteiger partial charge in [0.05, 0.1) is 6.10 Å². The maximum atomic E-state index is 12.1. The minimum Gasteiger partial charge on any atom is -0.377 e. The van der Waals surface area contributed by atoms with Crippen molar-refractivity contribution in [2.24, 2.45) is 11.7 Å². The molecule has 1 amide bonds. The quantitative estimate of drug-likeness (QED) is 0.755. The van der Waals surface area contributed by atoms with Crippen LogP contribution >= 0.6 is 0 Å². The first-order valence-corrected chi connectivity index (χ1v) is 7.26. The van der Waals surface area contributed by atoms with Crippen LogP contribution in [0.5, 0.6) is 0 Å². The largest absolute Gasteiger partial charge is 0.377 e. The molecular weight excluding hydrogens is 228 g/mol. The summed E-state index contributed by atoms with van der Waals surface area (Å²) in [5.41, 5.74) is 5.52. The maximum absolute atomic E-state index is 12.1. The Morgan fingerprint density at radius 3 is 2.94 bits per heavy atom. The van der Waals surface area contributed by atoms with E-state index in [2.05, 4.69) is 6.92 Å². The molecule has 2 N–H and O–H groups in total. The van der Waals surface area contributed by atoms with Gasteiger partial charge < -0.3 is 15.4 Å². The fourth-order valence-corrected chi connectivity index (χ4v) is 2.49. The van der Waals surface area contributed by atoms with Crippen molar-refractivity contribution in [3.63, 3.8) is 0 Å². The van der Waals surface area contributed by atoms with Crippen LogP contribution in [0.3, 0.4) is 0 Å². The molecule has 0 spiro atoms. The molecule has 0 aliphatic carbocycles. The number of nitrogens with two attached hydrogens (primary N) is 1. The lowest BCUT2D eigenvalue weighted by Gasteiger charge is -2.32. The van der Waals surface area contributed by atoms with Crippen LogP contribution in [0.15, 0.2) is 0 Å².